The third-order valence-electron chi connectivity index (χ3n) is 2.68. The standard InChI is InChI=1S/C15H15F2NO/c1-2-18-10-11-12(16)7-5-9-14(11)19-15-8-4-3-6-13(15)17/h3-9,18H,2,10H2,1H3. The van der Waals surface area contributed by atoms with E-state index < -0.39 is 5.82 Å². The minimum atomic E-state index is -0.471. The van der Waals surface area contributed by atoms with E-state index in [1.165, 1.54) is 18.2 Å². The van der Waals surface area contributed by atoms with Gasteiger partial charge in [0.15, 0.2) is 11.6 Å². The van der Waals surface area contributed by atoms with E-state index >= 15 is 0 Å². The minimum Gasteiger partial charge on any atom is -0.454 e. The molecule has 1 N–H and O–H groups in total. The van der Waals surface area contributed by atoms with Crippen molar-refractivity contribution in [1.29, 1.82) is 0 Å². The lowest BCUT2D eigenvalue weighted by molar-refractivity contribution is 0.430. The van der Waals surface area contributed by atoms with Crippen molar-refractivity contribution in [1.82, 2.24) is 5.32 Å². The highest BCUT2D eigenvalue weighted by Gasteiger charge is 2.11. The van der Waals surface area contributed by atoms with Crippen molar-refractivity contribution in [3.8, 4) is 11.5 Å². The molecule has 19 heavy (non-hydrogen) atoms. The van der Waals surface area contributed by atoms with Crippen molar-refractivity contribution in [2.75, 3.05) is 6.54 Å². The molecule has 0 atom stereocenters. The molecule has 2 aromatic rings. The maximum Gasteiger partial charge on any atom is 0.165 e. The molecule has 0 aliphatic heterocycles. The highest BCUT2D eigenvalue weighted by molar-refractivity contribution is 5.39. The zero-order chi connectivity index (χ0) is 13.7. The fourth-order valence-corrected chi connectivity index (χ4v) is 1.70. The van der Waals surface area contributed by atoms with Gasteiger partial charge in [-0.3, -0.25) is 0 Å². The Hall–Kier alpha value is -1.94. The molecule has 100 valence electrons. The number of halogens is 2. The Morgan fingerprint density at radius 2 is 1.63 bits per heavy atom. The summed E-state index contributed by atoms with van der Waals surface area (Å²) in [4.78, 5) is 0. The average molecular weight is 263 g/mol. The number of benzene rings is 2. The maximum atomic E-state index is 13.8. The Labute approximate surface area is 111 Å². The first-order valence-corrected chi connectivity index (χ1v) is 6.13. The van der Waals surface area contributed by atoms with Crippen LogP contribution in [0.4, 0.5) is 8.78 Å². The second-order valence-electron chi connectivity index (χ2n) is 4.03. The van der Waals surface area contributed by atoms with E-state index in [1.54, 1.807) is 24.3 Å². The molecule has 0 heterocycles. The van der Waals surface area contributed by atoms with Crippen LogP contribution in [0.3, 0.4) is 0 Å². The van der Waals surface area contributed by atoms with Gasteiger partial charge in [-0.15, -0.1) is 0 Å². The Morgan fingerprint density at radius 3 is 2.37 bits per heavy atom. The van der Waals surface area contributed by atoms with E-state index in [9.17, 15) is 8.78 Å². The van der Waals surface area contributed by atoms with Crippen molar-refractivity contribution in [2.45, 2.75) is 13.5 Å². The highest BCUT2D eigenvalue weighted by Crippen LogP contribution is 2.28. The van der Waals surface area contributed by atoms with Crippen LogP contribution in [0, 0.1) is 11.6 Å². The number of nitrogens with one attached hydrogen (secondary N) is 1. The summed E-state index contributed by atoms with van der Waals surface area (Å²) in [6.07, 6.45) is 0. The summed E-state index contributed by atoms with van der Waals surface area (Å²) in [6.45, 7) is 2.98. The van der Waals surface area contributed by atoms with E-state index in [4.69, 9.17) is 4.74 Å². The van der Waals surface area contributed by atoms with Crippen LogP contribution in [0.5, 0.6) is 11.5 Å². The first-order valence-electron chi connectivity index (χ1n) is 6.13. The molecule has 0 aliphatic carbocycles. The van der Waals surface area contributed by atoms with Crippen LogP contribution < -0.4 is 10.1 Å². The Balaban J connectivity index is 2.29. The van der Waals surface area contributed by atoms with Crippen molar-refractivity contribution < 1.29 is 13.5 Å². The topological polar surface area (TPSA) is 21.3 Å². The van der Waals surface area contributed by atoms with Crippen molar-refractivity contribution in [3.05, 3.63) is 59.7 Å². The van der Waals surface area contributed by atoms with E-state index in [0.29, 0.717) is 24.4 Å². The predicted molar refractivity (Wildman–Crippen MR) is 70.3 cm³/mol. The molecule has 0 fully saturated rings. The first-order chi connectivity index (χ1) is 9.22. The Morgan fingerprint density at radius 1 is 0.947 bits per heavy atom. The average Bonchev–Trinajstić information content (AvgIpc) is 2.41. The van der Waals surface area contributed by atoms with Gasteiger partial charge in [-0.25, -0.2) is 8.78 Å². The third-order valence-corrected chi connectivity index (χ3v) is 2.68. The quantitative estimate of drug-likeness (QED) is 0.884. The van der Waals surface area contributed by atoms with E-state index in [-0.39, 0.29) is 11.6 Å². The molecule has 2 aromatic carbocycles. The zero-order valence-corrected chi connectivity index (χ0v) is 10.6. The Kier molecular flexibility index (Phi) is 4.47. The largest absolute Gasteiger partial charge is 0.454 e. The van der Waals surface area contributed by atoms with E-state index in [0.717, 1.165) is 0 Å². The van der Waals surface area contributed by atoms with E-state index in [1.807, 2.05) is 6.92 Å². The second kappa shape index (κ2) is 6.29. The van der Waals surface area contributed by atoms with Gasteiger partial charge >= 0.3 is 0 Å². The number of hydrogen-bond donors (Lipinski definition) is 1. The summed E-state index contributed by atoms with van der Waals surface area (Å²) in [5.74, 6) is -0.423. The van der Waals surface area contributed by atoms with Gasteiger partial charge in [-0.1, -0.05) is 25.1 Å². The molecule has 0 radical (unpaired) electrons. The smallest absolute Gasteiger partial charge is 0.165 e. The maximum absolute atomic E-state index is 13.8. The van der Waals surface area contributed by atoms with Gasteiger partial charge in [0.2, 0.25) is 0 Å². The monoisotopic (exact) mass is 263 g/mol. The SMILES string of the molecule is CCNCc1c(F)cccc1Oc1ccccc1F. The van der Waals surface area contributed by atoms with Gasteiger partial charge in [-0.05, 0) is 30.8 Å². The van der Waals surface area contributed by atoms with Crippen LogP contribution in [-0.4, -0.2) is 6.54 Å². The summed E-state index contributed by atoms with van der Waals surface area (Å²) >= 11 is 0. The molecular weight excluding hydrogens is 248 g/mol. The molecular formula is C15H15F2NO. The van der Waals surface area contributed by atoms with Crippen LogP contribution >= 0.6 is 0 Å². The molecule has 0 spiro atoms. The van der Waals surface area contributed by atoms with Crippen LogP contribution in [0.15, 0.2) is 42.5 Å². The lowest BCUT2D eigenvalue weighted by Gasteiger charge is -2.12. The number of para-hydroxylation sites is 1. The third kappa shape index (κ3) is 3.29. The van der Waals surface area contributed by atoms with Crippen LogP contribution in [0.2, 0.25) is 0 Å². The zero-order valence-electron chi connectivity index (χ0n) is 10.6. The lowest BCUT2D eigenvalue weighted by Crippen LogP contribution is -2.13. The fourth-order valence-electron chi connectivity index (χ4n) is 1.70. The van der Waals surface area contributed by atoms with Crippen LogP contribution in [0.1, 0.15) is 12.5 Å². The van der Waals surface area contributed by atoms with Gasteiger partial charge < -0.3 is 10.1 Å². The van der Waals surface area contributed by atoms with Crippen LogP contribution in [-0.2, 0) is 6.54 Å². The van der Waals surface area contributed by atoms with Gasteiger partial charge in [0.1, 0.15) is 11.6 Å². The molecule has 2 rings (SSSR count). The number of hydrogen-bond acceptors (Lipinski definition) is 2. The second-order valence-corrected chi connectivity index (χ2v) is 4.03. The normalized spacial score (nSPS) is 10.5. The number of ether oxygens (including phenoxy) is 1. The Bertz CT molecular complexity index is 558. The van der Waals surface area contributed by atoms with Crippen LogP contribution in [0.25, 0.3) is 0 Å². The summed E-state index contributed by atoms with van der Waals surface area (Å²) < 4.78 is 32.8. The molecule has 0 aromatic heterocycles. The summed E-state index contributed by atoms with van der Waals surface area (Å²) in [6, 6.07) is 10.6. The highest BCUT2D eigenvalue weighted by atomic mass is 19.1. The number of rotatable bonds is 5. The minimum absolute atomic E-state index is 0.0887. The predicted octanol–water partition coefficient (Wildman–Crippen LogP) is 3.87. The van der Waals surface area contributed by atoms with Gasteiger partial charge in [0.25, 0.3) is 0 Å². The molecule has 4 heteroatoms. The van der Waals surface area contributed by atoms with Gasteiger partial charge in [0.05, 0.1) is 0 Å². The molecule has 0 unspecified atom stereocenters. The molecule has 0 saturated carbocycles. The summed E-state index contributed by atoms with van der Waals surface area (Å²) in [5, 5.41) is 3.03. The molecule has 0 bridgehead atoms. The molecule has 0 aliphatic rings. The fraction of sp³-hybridized carbons (Fsp3) is 0.200. The van der Waals surface area contributed by atoms with Crippen molar-refractivity contribution in [2.24, 2.45) is 0 Å². The summed E-state index contributed by atoms with van der Waals surface area (Å²) in [7, 11) is 0. The first kappa shape index (κ1) is 13.5. The lowest BCUT2D eigenvalue weighted by atomic mass is 10.2. The van der Waals surface area contributed by atoms with E-state index in [2.05, 4.69) is 5.32 Å². The summed E-state index contributed by atoms with van der Waals surface area (Å²) in [5.41, 5.74) is 0.396. The van der Waals surface area contributed by atoms with Crippen molar-refractivity contribution in [3.63, 3.8) is 0 Å². The molecule has 2 nitrogen and oxygen atoms in total. The van der Waals surface area contributed by atoms with Crippen molar-refractivity contribution >= 4 is 0 Å². The van der Waals surface area contributed by atoms with Gasteiger partial charge in [-0.2, -0.15) is 0 Å². The molecule has 0 saturated heterocycles. The van der Waals surface area contributed by atoms with Gasteiger partial charge in [0, 0.05) is 12.1 Å². The molecule has 0 amide bonds.